The van der Waals surface area contributed by atoms with E-state index in [1.807, 2.05) is 0 Å². The van der Waals surface area contributed by atoms with Crippen molar-refractivity contribution in [1.29, 1.82) is 0 Å². The highest BCUT2D eigenvalue weighted by Gasteiger charge is 2.40. The molecule has 128 valence electrons. The lowest BCUT2D eigenvalue weighted by Crippen LogP contribution is -2.32. The first-order valence-electron chi connectivity index (χ1n) is 7.30. The van der Waals surface area contributed by atoms with Crippen LogP contribution in [0.1, 0.15) is 19.6 Å². The summed E-state index contributed by atoms with van der Waals surface area (Å²) in [5.74, 6) is 2.11. The van der Waals surface area contributed by atoms with E-state index in [-0.39, 0.29) is 30.1 Å². The Morgan fingerprint density at radius 1 is 1.58 bits per heavy atom. The van der Waals surface area contributed by atoms with Crippen LogP contribution in [0.3, 0.4) is 0 Å². The molecule has 24 heavy (non-hydrogen) atoms. The van der Waals surface area contributed by atoms with Crippen LogP contribution in [0.4, 0.5) is 5.95 Å². The van der Waals surface area contributed by atoms with Crippen LogP contribution < -0.4 is 17.0 Å². The monoisotopic (exact) mass is 335 g/mol. The highest BCUT2D eigenvalue weighted by Crippen LogP contribution is 2.31. The van der Waals surface area contributed by atoms with Gasteiger partial charge in [0.25, 0.3) is 5.56 Å². The van der Waals surface area contributed by atoms with Gasteiger partial charge in [0.2, 0.25) is 5.95 Å². The summed E-state index contributed by atoms with van der Waals surface area (Å²) in [6, 6.07) is 0. The third kappa shape index (κ3) is 2.39. The molecular formula is C14H17N5O5. The molecule has 10 heteroatoms. The lowest BCUT2D eigenvalue weighted by atomic mass is 10.1. The Morgan fingerprint density at radius 2 is 2.29 bits per heavy atom. The van der Waals surface area contributed by atoms with Crippen LogP contribution in [0, 0.1) is 12.3 Å². The van der Waals surface area contributed by atoms with Crippen molar-refractivity contribution in [2.45, 2.75) is 44.4 Å². The molecule has 4 atom stereocenters. The number of hydrogen-bond acceptors (Lipinski definition) is 7. The van der Waals surface area contributed by atoms with E-state index in [9.17, 15) is 19.8 Å². The number of aromatic amines is 1. The van der Waals surface area contributed by atoms with Crippen LogP contribution in [0.5, 0.6) is 0 Å². The lowest BCUT2D eigenvalue weighted by molar-refractivity contribution is -0.0709. The molecule has 2 aromatic rings. The van der Waals surface area contributed by atoms with Crippen molar-refractivity contribution in [3.63, 3.8) is 0 Å². The fourth-order valence-corrected chi connectivity index (χ4v) is 2.89. The third-order valence-electron chi connectivity index (χ3n) is 3.99. The minimum atomic E-state index is -1.10. The van der Waals surface area contributed by atoms with E-state index >= 15 is 0 Å². The standard InChI is InChI=1S/C14H17N5O5/c1-3-4-18-9-10(16-13(15)17-11(9)22)19(14(18)23)12-7(21)5-8(24-12)6(2)20/h1,6-8,12,20-21H,4-5H2,2H3,(H3,15,16,17,22)/t6?,7-,8+,12-/m1/s1. The minimum absolute atomic E-state index is 0.0354. The largest absolute Gasteiger partial charge is 0.391 e. The van der Waals surface area contributed by atoms with Crippen LogP contribution >= 0.6 is 0 Å². The summed E-state index contributed by atoms with van der Waals surface area (Å²) in [6.07, 6.45) is 1.75. The average molecular weight is 335 g/mol. The van der Waals surface area contributed by atoms with E-state index in [2.05, 4.69) is 15.9 Å². The zero-order chi connectivity index (χ0) is 17.6. The van der Waals surface area contributed by atoms with Crippen LogP contribution in [-0.2, 0) is 11.3 Å². The number of nitrogens with zero attached hydrogens (tertiary/aromatic N) is 3. The number of imidazole rings is 1. The maximum atomic E-state index is 12.7. The predicted octanol–water partition coefficient (Wildman–Crippen LogP) is -1.87. The van der Waals surface area contributed by atoms with Crippen molar-refractivity contribution >= 4 is 17.1 Å². The molecule has 0 aliphatic carbocycles. The molecule has 1 unspecified atom stereocenters. The zero-order valence-electron chi connectivity index (χ0n) is 12.8. The fraction of sp³-hybridized carbons (Fsp3) is 0.500. The molecule has 3 heterocycles. The molecular weight excluding hydrogens is 318 g/mol. The van der Waals surface area contributed by atoms with Crippen LogP contribution in [-0.4, -0.2) is 47.6 Å². The van der Waals surface area contributed by atoms with Crippen LogP contribution in [0.15, 0.2) is 9.59 Å². The number of nitrogen functional groups attached to an aromatic ring is 1. The molecule has 1 aliphatic rings. The minimum Gasteiger partial charge on any atom is -0.391 e. The lowest BCUT2D eigenvalue weighted by Gasteiger charge is -2.17. The molecule has 0 aromatic carbocycles. The van der Waals surface area contributed by atoms with E-state index < -0.39 is 35.8 Å². The van der Waals surface area contributed by atoms with E-state index in [4.69, 9.17) is 16.9 Å². The number of rotatable bonds is 3. The van der Waals surface area contributed by atoms with E-state index in [0.717, 1.165) is 9.13 Å². The topological polar surface area (TPSA) is 148 Å². The van der Waals surface area contributed by atoms with Crippen molar-refractivity contribution in [1.82, 2.24) is 19.1 Å². The molecule has 0 amide bonds. The van der Waals surface area contributed by atoms with Gasteiger partial charge in [-0.25, -0.2) is 9.36 Å². The van der Waals surface area contributed by atoms with Gasteiger partial charge < -0.3 is 20.7 Å². The molecule has 5 N–H and O–H groups in total. The number of nitrogens with two attached hydrogens (primary N) is 1. The van der Waals surface area contributed by atoms with E-state index in [0.29, 0.717) is 0 Å². The van der Waals surface area contributed by atoms with Gasteiger partial charge in [0.1, 0.15) is 6.10 Å². The van der Waals surface area contributed by atoms with Crippen molar-refractivity contribution < 1.29 is 14.9 Å². The second-order valence-electron chi connectivity index (χ2n) is 5.67. The van der Waals surface area contributed by atoms with Gasteiger partial charge in [-0.1, -0.05) is 5.92 Å². The predicted molar refractivity (Wildman–Crippen MR) is 84.1 cm³/mol. The molecule has 3 rings (SSSR count). The Balaban J connectivity index is 2.26. The third-order valence-corrected chi connectivity index (χ3v) is 3.99. The van der Waals surface area contributed by atoms with Crippen molar-refractivity contribution in [3.8, 4) is 12.3 Å². The first kappa shape index (κ1) is 16.3. The van der Waals surface area contributed by atoms with Crippen molar-refractivity contribution in [3.05, 3.63) is 20.8 Å². The Labute approximate surface area is 135 Å². The molecule has 1 aliphatic heterocycles. The summed E-state index contributed by atoms with van der Waals surface area (Å²) in [7, 11) is 0. The SMILES string of the molecule is C#CCn1c(=O)n([C@@H]2O[C@H](C(C)O)C[C@H]2O)c2nc(N)[nH]c(=O)c21. The number of anilines is 1. The average Bonchev–Trinajstić information content (AvgIpc) is 2.99. The van der Waals surface area contributed by atoms with Crippen LogP contribution in [0.2, 0.25) is 0 Å². The summed E-state index contributed by atoms with van der Waals surface area (Å²) >= 11 is 0. The molecule has 0 radical (unpaired) electrons. The molecule has 1 saturated heterocycles. The molecule has 0 bridgehead atoms. The maximum absolute atomic E-state index is 12.7. The van der Waals surface area contributed by atoms with Gasteiger partial charge in [-0.15, -0.1) is 6.42 Å². The number of ether oxygens (including phenoxy) is 1. The van der Waals surface area contributed by atoms with E-state index in [1.54, 1.807) is 0 Å². The summed E-state index contributed by atoms with van der Waals surface area (Å²) in [5, 5.41) is 19.9. The first-order valence-corrected chi connectivity index (χ1v) is 7.30. The second kappa shape index (κ2) is 5.79. The number of aliphatic hydroxyl groups is 2. The van der Waals surface area contributed by atoms with Gasteiger partial charge >= 0.3 is 5.69 Å². The summed E-state index contributed by atoms with van der Waals surface area (Å²) in [5.41, 5.74) is 4.20. The Hall–Kier alpha value is -2.61. The van der Waals surface area contributed by atoms with Gasteiger partial charge in [-0.3, -0.25) is 14.3 Å². The van der Waals surface area contributed by atoms with Gasteiger partial charge in [0.15, 0.2) is 17.4 Å². The Morgan fingerprint density at radius 3 is 2.88 bits per heavy atom. The summed E-state index contributed by atoms with van der Waals surface area (Å²) in [6.45, 7) is 1.37. The smallest absolute Gasteiger partial charge is 0.333 e. The number of nitrogens with one attached hydrogen (secondary N) is 1. The fourth-order valence-electron chi connectivity index (χ4n) is 2.89. The number of fused-ring (bicyclic) bond motifs is 1. The number of aromatic nitrogens is 4. The summed E-state index contributed by atoms with van der Waals surface area (Å²) in [4.78, 5) is 31.2. The maximum Gasteiger partial charge on any atom is 0.333 e. The normalized spacial score (nSPS) is 25.0. The second-order valence-corrected chi connectivity index (χ2v) is 5.67. The number of terminal acetylenes is 1. The highest BCUT2D eigenvalue weighted by atomic mass is 16.5. The number of hydrogen-bond donors (Lipinski definition) is 4. The molecule has 0 spiro atoms. The highest BCUT2D eigenvalue weighted by molar-refractivity contribution is 5.72. The molecule has 1 fully saturated rings. The molecule has 10 nitrogen and oxygen atoms in total. The van der Waals surface area contributed by atoms with Crippen molar-refractivity contribution in [2.75, 3.05) is 5.73 Å². The molecule has 2 aromatic heterocycles. The first-order chi connectivity index (χ1) is 11.3. The quantitative estimate of drug-likeness (QED) is 0.480. The summed E-state index contributed by atoms with van der Waals surface area (Å²) < 4.78 is 7.70. The van der Waals surface area contributed by atoms with Gasteiger partial charge in [0, 0.05) is 6.42 Å². The molecule has 0 saturated carbocycles. The number of aliphatic hydroxyl groups excluding tert-OH is 2. The number of H-pyrrole nitrogens is 1. The van der Waals surface area contributed by atoms with E-state index in [1.165, 1.54) is 6.92 Å². The van der Waals surface area contributed by atoms with Gasteiger partial charge in [0.05, 0.1) is 18.8 Å². The van der Waals surface area contributed by atoms with Gasteiger partial charge in [-0.2, -0.15) is 4.98 Å². The zero-order valence-corrected chi connectivity index (χ0v) is 12.8. The Bertz CT molecular complexity index is 934. The van der Waals surface area contributed by atoms with Crippen LogP contribution in [0.25, 0.3) is 11.2 Å². The van der Waals surface area contributed by atoms with Gasteiger partial charge in [-0.05, 0) is 6.92 Å². The van der Waals surface area contributed by atoms with Crippen molar-refractivity contribution in [2.24, 2.45) is 0 Å². The Kier molecular flexibility index (Phi) is 3.92.